The molecule has 3 aliphatic heterocycles. The largest absolute Gasteiger partial charge is 0.467 e. The summed E-state index contributed by atoms with van der Waals surface area (Å²) in [5.74, 6) is 5.49. The Bertz CT molecular complexity index is 1700. The quantitative estimate of drug-likeness (QED) is 0.123. The highest BCUT2D eigenvalue weighted by atomic mass is 79.9. The molecule has 300 valence electrons. The zero-order valence-electron chi connectivity index (χ0n) is 31.6. The number of hydrogen-bond donors (Lipinski definition) is 2. The highest BCUT2D eigenvalue weighted by molar-refractivity contribution is 9.11. The van der Waals surface area contributed by atoms with Crippen LogP contribution >= 0.6 is 31.9 Å². The molecule has 0 amide bonds. The molecule has 2 N–H and O–H groups in total. The molecule has 0 unspecified atom stereocenters. The van der Waals surface area contributed by atoms with Crippen molar-refractivity contribution >= 4 is 40.2 Å². The molecule has 54 heavy (non-hydrogen) atoms. The van der Waals surface area contributed by atoms with E-state index in [1.54, 1.807) is 38.5 Å². The molecule has 0 radical (unpaired) electrons. The van der Waals surface area contributed by atoms with Gasteiger partial charge >= 0.3 is 0 Å². The molecular weight excluding hydrogens is 860 g/mol. The molecular formula is C36H48Br2O15Si. The van der Waals surface area contributed by atoms with Crippen LogP contribution in [0.3, 0.4) is 0 Å². The fourth-order valence-electron chi connectivity index (χ4n) is 4.70. The normalized spacial score (nSPS) is 13.5. The van der Waals surface area contributed by atoms with Crippen molar-refractivity contribution in [2.24, 2.45) is 0 Å². The molecule has 3 heterocycles. The van der Waals surface area contributed by atoms with E-state index in [9.17, 15) is 5.11 Å². The average Bonchev–Trinajstić information content (AvgIpc) is 3.93. The second-order valence-corrected chi connectivity index (χ2v) is 19.5. The number of fused-ring (bicyclic) bond motifs is 3. The summed E-state index contributed by atoms with van der Waals surface area (Å²) in [6.07, 6.45) is 0. The third kappa shape index (κ3) is 10.8. The van der Waals surface area contributed by atoms with Gasteiger partial charge in [-0.15, -0.1) is 0 Å². The Labute approximate surface area is 332 Å². The van der Waals surface area contributed by atoms with Crippen LogP contribution in [0.15, 0.2) is 33.2 Å². The molecule has 0 aromatic heterocycles. The van der Waals surface area contributed by atoms with Crippen molar-refractivity contribution in [3.8, 4) is 51.7 Å². The first-order valence-corrected chi connectivity index (χ1v) is 21.1. The molecule has 6 rings (SSSR count). The van der Waals surface area contributed by atoms with Gasteiger partial charge in [-0.2, -0.15) is 0 Å². The van der Waals surface area contributed by atoms with Gasteiger partial charge in [0, 0.05) is 56.2 Å². The van der Waals surface area contributed by atoms with Gasteiger partial charge in [-0.25, -0.2) is 0 Å². The van der Waals surface area contributed by atoms with E-state index in [4.69, 9.17) is 66.4 Å². The number of hydrogen-bond acceptors (Lipinski definition) is 15. The second kappa shape index (κ2) is 20.1. The van der Waals surface area contributed by atoms with Crippen molar-refractivity contribution in [1.82, 2.24) is 0 Å². The summed E-state index contributed by atoms with van der Waals surface area (Å²) < 4.78 is 70.6. The Balaban J connectivity index is 0.000000186. The van der Waals surface area contributed by atoms with Gasteiger partial charge in [-0.05, 0) is 56.1 Å². The number of halogens is 2. The summed E-state index contributed by atoms with van der Waals surface area (Å²) >= 11 is 6.95. The SMILES string of the molecule is COCOc1cc(CO)c2c(c1)OCO2.COCOc1cc2c(c(CO)c1Br)OCO2.COCOc1cc2c(c(CO[Si](C)(C)C(C)(C)C)c1Br)OCO2. The first kappa shape index (κ1) is 43.5. The van der Waals surface area contributed by atoms with E-state index in [1.807, 2.05) is 0 Å². The summed E-state index contributed by atoms with van der Waals surface area (Å²) in [6.45, 7) is 12.3. The fraction of sp³-hybridized carbons (Fsp3) is 0.500. The molecule has 0 atom stereocenters. The van der Waals surface area contributed by atoms with E-state index < -0.39 is 8.32 Å². The van der Waals surface area contributed by atoms with Crippen molar-refractivity contribution < 1.29 is 71.5 Å². The van der Waals surface area contributed by atoms with E-state index in [-0.39, 0.29) is 59.0 Å². The topological polar surface area (TPSA) is 160 Å². The maximum atomic E-state index is 9.28. The molecule has 0 saturated heterocycles. The van der Waals surface area contributed by atoms with Gasteiger partial charge in [0.15, 0.2) is 63.2 Å². The predicted octanol–water partition coefficient (Wildman–Crippen LogP) is 7.23. The molecule has 0 fully saturated rings. The van der Waals surface area contributed by atoms with Crippen LogP contribution in [0.1, 0.15) is 37.5 Å². The first-order chi connectivity index (χ1) is 25.8. The zero-order valence-corrected chi connectivity index (χ0v) is 35.8. The maximum Gasteiger partial charge on any atom is 0.231 e. The minimum Gasteiger partial charge on any atom is -0.467 e. The van der Waals surface area contributed by atoms with Gasteiger partial charge in [-0.1, -0.05) is 20.8 Å². The lowest BCUT2D eigenvalue weighted by Gasteiger charge is -2.36. The maximum absolute atomic E-state index is 9.28. The standard InChI is InChI=1S/C16H25BrO5Si.C10H11BrO5.C10H12O5/c1-16(2,3)23(5,6)22-8-11-14(17)12(19-9-18-4)7-13-15(11)21-10-20-13;1-13-4-14-7-2-8-10(16-5-15-8)6(3-12)9(7)11;1-12-5-13-8-2-7(4-11)10-9(3-8)14-6-15-10/h7H,8-10H2,1-6H3;2,12H,3-5H2,1H3;2-3,11H,4-6H2,1H3. The van der Waals surface area contributed by atoms with Gasteiger partial charge in [-0.3, -0.25) is 0 Å². The number of rotatable bonds is 14. The molecule has 3 aromatic rings. The lowest BCUT2D eigenvalue weighted by Crippen LogP contribution is -2.40. The smallest absolute Gasteiger partial charge is 0.231 e. The summed E-state index contributed by atoms with van der Waals surface area (Å²) in [5.41, 5.74) is 2.17. The minimum atomic E-state index is -1.87. The first-order valence-electron chi connectivity index (χ1n) is 16.6. The Morgan fingerprint density at radius 2 is 1.09 bits per heavy atom. The average molecular weight is 909 g/mol. The van der Waals surface area contributed by atoms with E-state index in [0.717, 1.165) is 15.8 Å². The summed E-state index contributed by atoms with van der Waals surface area (Å²) in [5, 5.41) is 18.6. The number of methoxy groups -OCH3 is 3. The van der Waals surface area contributed by atoms with Crippen LogP contribution in [-0.4, -0.2) is 80.6 Å². The van der Waals surface area contributed by atoms with Gasteiger partial charge in [0.05, 0.1) is 28.8 Å². The van der Waals surface area contributed by atoms with Crippen molar-refractivity contribution in [2.75, 3.05) is 62.1 Å². The molecule has 0 aliphatic carbocycles. The molecule has 18 heteroatoms. The highest BCUT2D eigenvalue weighted by Crippen LogP contribution is 2.47. The number of ether oxygens (including phenoxy) is 12. The van der Waals surface area contributed by atoms with Crippen molar-refractivity contribution in [2.45, 2.75) is 58.7 Å². The summed E-state index contributed by atoms with van der Waals surface area (Å²) in [7, 11) is 2.79. The van der Waals surface area contributed by atoms with Crippen molar-refractivity contribution in [3.05, 3.63) is 49.9 Å². The summed E-state index contributed by atoms with van der Waals surface area (Å²) in [4.78, 5) is 0. The fourth-order valence-corrected chi connectivity index (χ4v) is 6.70. The van der Waals surface area contributed by atoms with Gasteiger partial charge in [0.2, 0.25) is 20.4 Å². The molecule has 0 bridgehead atoms. The van der Waals surface area contributed by atoms with Crippen molar-refractivity contribution in [3.63, 3.8) is 0 Å². The van der Waals surface area contributed by atoms with Crippen LogP contribution in [0.25, 0.3) is 0 Å². The highest BCUT2D eigenvalue weighted by Gasteiger charge is 2.38. The van der Waals surface area contributed by atoms with Gasteiger partial charge < -0.3 is 71.5 Å². The van der Waals surface area contributed by atoms with E-state index in [1.165, 1.54) is 7.11 Å². The number of aliphatic hydroxyl groups excluding tert-OH is 2. The monoisotopic (exact) mass is 906 g/mol. The zero-order chi connectivity index (χ0) is 39.5. The van der Waals surface area contributed by atoms with Crippen LogP contribution in [0.4, 0.5) is 0 Å². The minimum absolute atomic E-state index is 0.115. The molecule has 15 nitrogen and oxygen atoms in total. The molecule has 3 aromatic carbocycles. The number of aliphatic hydroxyl groups is 2. The van der Waals surface area contributed by atoms with Crippen LogP contribution in [0.2, 0.25) is 18.1 Å². The Morgan fingerprint density at radius 1 is 0.630 bits per heavy atom. The van der Waals surface area contributed by atoms with Crippen molar-refractivity contribution in [1.29, 1.82) is 0 Å². The van der Waals surface area contributed by atoms with Crippen LogP contribution < -0.4 is 42.6 Å². The molecule has 0 spiro atoms. The second-order valence-electron chi connectivity index (χ2n) is 13.1. The summed E-state index contributed by atoms with van der Waals surface area (Å²) in [6, 6.07) is 6.92. The Hall–Kier alpha value is -3.20. The molecule has 3 aliphatic rings. The lowest BCUT2D eigenvalue weighted by atomic mass is 10.2. The van der Waals surface area contributed by atoms with Crippen LogP contribution in [0.5, 0.6) is 51.7 Å². The third-order valence-corrected chi connectivity index (χ3v) is 14.8. The van der Waals surface area contributed by atoms with E-state index >= 15 is 0 Å². The van der Waals surface area contributed by atoms with Gasteiger partial charge in [0.1, 0.15) is 17.2 Å². The molecule has 0 saturated carbocycles. The lowest BCUT2D eigenvalue weighted by molar-refractivity contribution is 0.0501. The van der Waals surface area contributed by atoms with E-state index in [0.29, 0.717) is 68.2 Å². The van der Waals surface area contributed by atoms with Crippen LogP contribution in [-0.2, 0) is 38.5 Å². The van der Waals surface area contributed by atoms with E-state index in [2.05, 4.69) is 65.7 Å². The van der Waals surface area contributed by atoms with Crippen LogP contribution in [0, 0.1) is 0 Å². The van der Waals surface area contributed by atoms with Gasteiger partial charge in [0.25, 0.3) is 0 Å². The number of benzene rings is 3. The Morgan fingerprint density at radius 3 is 1.57 bits per heavy atom. The predicted molar refractivity (Wildman–Crippen MR) is 204 cm³/mol. The Kier molecular flexibility index (Phi) is 16.2. The third-order valence-electron chi connectivity index (χ3n) is 8.56.